The van der Waals surface area contributed by atoms with E-state index in [4.69, 9.17) is 5.73 Å². The van der Waals surface area contributed by atoms with Crippen molar-refractivity contribution in [3.63, 3.8) is 0 Å². The summed E-state index contributed by atoms with van der Waals surface area (Å²) in [4.78, 5) is 2.45. The minimum atomic E-state index is 0.475. The number of hydrogen-bond donors (Lipinski definition) is 1. The molecule has 0 aliphatic heterocycles. The fourth-order valence-electron chi connectivity index (χ4n) is 2.75. The fraction of sp³-hybridized carbons (Fsp3) is 0.625. The third-order valence-corrected chi connectivity index (χ3v) is 4.20. The molecule has 18 heavy (non-hydrogen) atoms. The Kier molecular flexibility index (Phi) is 4.41. The summed E-state index contributed by atoms with van der Waals surface area (Å²) in [7, 11) is 2.23. The Bertz CT molecular complexity index is 394. The Labute approximate surface area is 111 Å². The van der Waals surface area contributed by atoms with Crippen LogP contribution < -0.4 is 5.73 Å². The third kappa shape index (κ3) is 3.56. The summed E-state index contributed by atoms with van der Waals surface area (Å²) in [5, 5.41) is 0. The molecule has 2 heteroatoms. The molecule has 1 aromatic carbocycles. The zero-order valence-electron chi connectivity index (χ0n) is 11.9. The maximum Gasteiger partial charge on any atom is 0.00450 e. The van der Waals surface area contributed by atoms with Crippen LogP contribution in [0.1, 0.15) is 29.5 Å². The highest BCUT2D eigenvalue weighted by Crippen LogP contribution is 2.26. The smallest absolute Gasteiger partial charge is 0.00450 e. The van der Waals surface area contributed by atoms with Gasteiger partial charge in [-0.3, -0.25) is 0 Å². The van der Waals surface area contributed by atoms with Crippen molar-refractivity contribution in [2.24, 2.45) is 11.7 Å². The standard InChI is InChI=1S/C16H26N2/c1-12-4-5-14(8-13(12)2)6-7-18(3)11-15-9-16(17)10-15/h4-5,8,15-16H,6-7,9-11,17H2,1-3H3. The molecule has 100 valence electrons. The molecule has 2 rings (SSSR count). The topological polar surface area (TPSA) is 29.3 Å². The first-order valence-corrected chi connectivity index (χ1v) is 7.05. The Morgan fingerprint density at radius 3 is 2.56 bits per heavy atom. The number of aryl methyl sites for hydroxylation is 2. The van der Waals surface area contributed by atoms with Crippen LogP contribution in [0.4, 0.5) is 0 Å². The van der Waals surface area contributed by atoms with Gasteiger partial charge in [-0.15, -0.1) is 0 Å². The zero-order valence-corrected chi connectivity index (χ0v) is 11.9. The lowest BCUT2D eigenvalue weighted by Gasteiger charge is -2.35. The number of nitrogens with two attached hydrogens (primary N) is 1. The number of rotatable bonds is 5. The molecule has 1 aromatic rings. The number of hydrogen-bond acceptors (Lipinski definition) is 2. The Morgan fingerprint density at radius 2 is 1.94 bits per heavy atom. The molecule has 1 fully saturated rings. The predicted molar refractivity (Wildman–Crippen MR) is 77.8 cm³/mol. The van der Waals surface area contributed by atoms with Crippen LogP contribution in [0.2, 0.25) is 0 Å². The lowest BCUT2D eigenvalue weighted by molar-refractivity contribution is 0.183. The summed E-state index contributed by atoms with van der Waals surface area (Å²) in [6, 6.07) is 7.29. The van der Waals surface area contributed by atoms with Crippen LogP contribution in [0.15, 0.2) is 18.2 Å². The molecule has 2 nitrogen and oxygen atoms in total. The molecule has 0 aromatic heterocycles. The minimum Gasteiger partial charge on any atom is -0.328 e. The van der Waals surface area contributed by atoms with Gasteiger partial charge in [0.05, 0.1) is 0 Å². The van der Waals surface area contributed by atoms with E-state index in [0.717, 1.165) is 18.9 Å². The predicted octanol–water partition coefficient (Wildman–Crippen LogP) is 2.52. The maximum atomic E-state index is 5.82. The van der Waals surface area contributed by atoms with E-state index in [9.17, 15) is 0 Å². The van der Waals surface area contributed by atoms with Crippen molar-refractivity contribution < 1.29 is 0 Å². The van der Waals surface area contributed by atoms with Crippen molar-refractivity contribution in [2.45, 2.75) is 39.2 Å². The SMILES string of the molecule is Cc1ccc(CCN(C)CC2CC(N)C2)cc1C. The monoisotopic (exact) mass is 246 g/mol. The molecule has 0 saturated heterocycles. The van der Waals surface area contributed by atoms with Crippen LogP contribution in [0.5, 0.6) is 0 Å². The molecule has 0 amide bonds. The van der Waals surface area contributed by atoms with Gasteiger partial charge >= 0.3 is 0 Å². The van der Waals surface area contributed by atoms with Crippen molar-refractivity contribution in [3.05, 3.63) is 34.9 Å². The average Bonchev–Trinajstić information content (AvgIpc) is 2.29. The molecule has 0 radical (unpaired) electrons. The molecule has 0 spiro atoms. The molecular weight excluding hydrogens is 220 g/mol. The van der Waals surface area contributed by atoms with E-state index in [2.05, 4.69) is 44.0 Å². The maximum absolute atomic E-state index is 5.82. The highest BCUT2D eigenvalue weighted by Gasteiger charge is 2.26. The number of nitrogens with zero attached hydrogens (tertiary/aromatic N) is 1. The molecule has 0 bridgehead atoms. The fourth-order valence-corrected chi connectivity index (χ4v) is 2.75. The summed E-state index contributed by atoms with van der Waals surface area (Å²) in [5.74, 6) is 0.838. The van der Waals surface area contributed by atoms with Gasteiger partial charge in [-0.2, -0.15) is 0 Å². The highest BCUT2D eigenvalue weighted by molar-refractivity contribution is 5.30. The lowest BCUT2D eigenvalue weighted by Crippen LogP contribution is -2.42. The van der Waals surface area contributed by atoms with Crippen LogP contribution in [0, 0.1) is 19.8 Å². The van der Waals surface area contributed by atoms with Gasteiger partial charge < -0.3 is 10.6 Å². The summed E-state index contributed by atoms with van der Waals surface area (Å²) in [6.07, 6.45) is 3.58. The molecule has 2 N–H and O–H groups in total. The van der Waals surface area contributed by atoms with Gasteiger partial charge in [-0.1, -0.05) is 18.2 Å². The van der Waals surface area contributed by atoms with E-state index in [1.165, 1.54) is 36.1 Å². The van der Waals surface area contributed by atoms with E-state index < -0.39 is 0 Å². The van der Waals surface area contributed by atoms with Crippen LogP contribution >= 0.6 is 0 Å². The first-order chi connectivity index (χ1) is 8.54. The second-order valence-corrected chi connectivity index (χ2v) is 6.03. The van der Waals surface area contributed by atoms with Crippen molar-refractivity contribution in [2.75, 3.05) is 20.1 Å². The van der Waals surface area contributed by atoms with E-state index in [0.29, 0.717) is 6.04 Å². The quantitative estimate of drug-likeness (QED) is 0.865. The average molecular weight is 246 g/mol. The van der Waals surface area contributed by atoms with Crippen LogP contribution in [0.3, 0.4) is 0 Å². The van der Waals surface area contributed by atoms with Gasteiger partial charge in [0.15, 0.2) is 0 Å². The lowest BCUT2D eigenvalue weighted by atomic mass is 9.80. The molecule has 1 aliphatic rings. The highest BCUT2D eigenvalue weighted by atomic mass is 15.1. The Morgan fingerprint density at radius 1 is 1.22 bits per heavy atom. The molecule has 0 heterocycles. The van der Waals surface area contributed by atoms with Crippen LogP contribution in [-0.4, -0.2) is 31.1 Å². The van der Waals surface area contributed by atoms with Gasteiger partial charge in [-0.05, 0) is 62.8 Å². The summed E-state index contributed by atoms with van der Waals surface area (Å²) >= 11 is 0. The van der Waals surface area contributed by atoms with Crippen molar-refractivity contribution in [1.82, 2.24) is 4.90 Å². The van der Waals surface area contributed by atoms with Crippen molar-refractivity contribution >= 4 is 0 Å². The van der Waals surface area contributed by atoms with E-state index in [1.54, 1.807) is 0 Å². The Balaban J connectivity index is 1.74. The van der Waals surface area contributed by atoms with Gasteiger partial charge in [0.2, 0.25) is 0 Å². The van der Waals surface area contributed by atoms with E-state index >= 15 is 0 Å². The van der Waals surface area contributed by atoms with Crippen molar-refractivity contribution in [1.29, 1.82) is 0 Å². The van der Waals surface area contributed by atoms with Gasteiger partial charge in [-0.25, -0.2) is 0 Å². The van der Waals surface area contributed by atoms with Gasteiger partial charge in [0, 0.05) is 19.1 Å². The zero-order chi connectivity index (χ0) is 13.1. The van der Waals surface area contributed by atoms with Crippen molar-refractivity contribution in [3.8, 4) is 0 Å². The molecule has 1 saturated carbocycles. The molecule has 0 atom stereocenters. The second-order valence-electron chi connectivity index (χ2n) is 6.03. The first-order valence-electron chi connectivity index (χ1n) is 7.05. The number of benzene rings is 1. The number of likely N-dealkylation sites (N-methyl/N-ethyl adjacent to an activating group) is 1. The molecule has 0 unspecified atom stereocenters. The third-order valence-electron chi connectivity index (χ3n) is 4.20. The summed E-state index contributed by atoms with van der Waals surface area (Å²) in [5.41, 5.74) is 10.1. The first kappa shape index (κ1) is 13.6. The van der Waals surface area contributed by atoms with Crippen LogP contribution in [0.25, 0.3) is 0 Å². The van der Waals surface area contributed by atoms with Gasteiger partial charge in [0.25, 0.3) is 0 Å². The Hall–Kier alpha value is -0.860. The normalized spacial score (nSPS) is 23.2. The molecular formula is C16H26N2. The minimum absolute atomic E-state index is 0.475. The largest absolute Gasteiger partial charge is 0.328 e. The van der Waals surface area contributed by atoms with Gasteiger partial charge in [0.1, 0.15) is 0 Å². The van der Waals surface area contributed by atoms with Crippen LogP contribution in [-0.2, 0) is 6.42 Å². The summed E-state index contributed by atoms with van der Waals surface area (Å²) in [6.45, 7) is 6.72. The summed E-state index contributed by atoms with van der Waals surface area (Å²) < 4.78 is 0. The van der Waals surface area contributed by atoms with E-state index in [-0.39, 0.29) is 0 Å². The second kappa shape index (κ2) is 5.85. The molecule has 1 aliphatic carbocycles. The van der Waals surface area contributed by atoms with E-state index in [1.807, 2.05) is 0 Å².